The molecule has 0 amide bonds. The zero-order valence-corrected chi connectivity index (χ0v) is 13.1. The molecule has 0 nitrogen and oxygen atoms in total. The van der Waals surface area contributed by atoms with Crippen LogP contribution >= 0.6 is 0 Å². The third-order valence-corrected chi connectivity index (χ3v) is 4.87. The van der Waals surface area contributed by atoms with E-state index in [-0.39, 0.29) is 0 Å². The Morgan fingerprint density at radius 2 is 1.50 bits per heavy atom. The number of benzene rings is 1. The lowest BCUT2D eigenvalue weighted by atomic mass is 9.78. The van der Waals surface area contributed by atoms with Gasteiger partial charge in [-0.25, -0.2) is 13.2 Å². The number of rotatable bonds is 7. The summed E-state index contributed by atoms with van der Waals surface area (Å²) in [4.78, 5) is 0. The Morgan fingerprint density at radius 3 is 2.05 bits per heavy atom. The molecule has 0 unspecified atom stereocenters. The van der Waals surface area contributed by atoms with Crippen molar-refractivity contribution < 1.29 is 13.2 Å². The Morgan fingerprint density at radius 1 is 0.955 bits per heavy atom. The molecule has 3 heteroatoms. The lowest BCUT2D eigenvalue weighted by Crippen LogP contribution is -2.15. The van der Waals surface area contributed by atoms with Crippen molar-refractivity contribution in [1.82, 2.24) is 0 Å². The van der Waals surface area contributed by atoms with Crippen molar-refractivity contribution in [3.8, 4) is 0 Å². The predicted octanol–water partition coefficient (Wildman–Crippen LogP) is 6.20. The SMILES string of the molecule is C=CCCC[C@H]1CC[C@H](CCc2cc(F)c(F)c(F)c2)CC1. The van der Waals surface area contributed by atoms with Crippen molar-refractivity contribution in [2.24, 2.45) is 11.8 Å². The lowest BCUT2D eigenvalue weighted by Gasteiger charge is -2.28. The van der Waals surface area contributed by atoms with Crippen LogP contribution in [0.5, 0.6) is 0 Å². The minimum atomic E-state index is -1.37. The van der Waals surface area contributed by atoms with Crippen LogP contribution in [-0.4, -0.2) is 0 Å². The van der Waals surface area contributed by atoms with E-state index in [4.69, 9.17) is 0 Å². The summed E-state index contributed by atoms with van der Waals surface area (Å²) in [6.07, 6.45) is 12.1. The molecule has 0 spiro atoms. The van der Waals surface area contributed by atoms with E-state index in [1.807, 2.05) is 6.08 Å². The topological polar surface area (TPSA) is 0 Å². The molecule has 1 aromatic carbocycles. The van der Waals surface area contributed by atoms with Crippen molar-refractivity contribution in [3.05, 3.63) is 47.8 Å². The van der Waals surface area contributed by atoms with Gasteiger partial charge in [-0.05, 0) is 55.2 Å². The van der Waals surface area contributed by atoms with Crippen LogP contribution in [0.2, 0.25) is 0 Å². The van der Waals surface area contributed by atoms with Crippen LogP contribution in [0.25, 0.3) is 0 Å². The first-order valence-electron chi connectivity index (χ1n) is 8.34. The van der Waals surface area contributed by atoms with Crippen molar-refractivity contribution in [1.29, 1.82) is 0 Å². The van der Waals surface area contributed by atoms with Crippen molar-refractivity contribution >= 4 is 0 Å². The maximum absolute atomic E-state index is 13.2. The molecule has 2 rings (SSSR count). The first-order chi connectivity index (χ1) is 10.6. The van der Waals surface area contributed by atoms with Gasteiger partial charge in [-0.15, -0.1) is 6.58 Å². The average molecular weight is 310 g/mol. The van der Waals surface area contributed by atoms with Gasteiger partial charge >= 0.3 is 0 Å². The highest BCUT2D eigenvalue weighted by molar-refractivity contribution is 5.19. The predicted molar refractivity (Wildman–Crippen MR) is 84.1 cm³/mol. The normalized spacial score (nSPS) is 21.8. The molecule has 0 atom stereocenters. The van der Waals surface area contributed by atoms with Crippen LogP contribution in [0.1, 0.15) is 56.9 Å². The van der Waals surface area contributed by atoms with E-state index in [1.54, 1.807) is 0 Å². The fraction of sp³-hybridized carbons (Fsp3) is 0.579. The fourth-order valence-corrected chi connectivity index (χ4v) is 3.48. The van der Waals surface area contributed by atoms with Crippen LogP contribution in [0.3, 0.4) is 0 Å². The van der Waals surface area contributed by atoms with Gasteiger partial charge in [0.05, 0.1) is 0 Å². The van der Waals surface area contributed by atoms with Gasteiger partial charge in [0.1, 0.15) is 0 Å². The first kappa shape index (κ1) is 17.1. The van der Waals surface area contributed by atoms with Gasteiger partial charge in [0.2, 0.25) is 0 Å². The van der Waals surface area contributed by atoms with Crippen LogP contribution < -0.4 is 0 Å². The monoisotopic (exact) mass is 310 g/mol. The summed E-state index contributed by atoms with van der Waals surface area (Å²) < 4.78 is 39.3. The van der Waals surface area contributed by atoms with E-state index in [0.29, 0.717) is 17.9 Å². The van der Waals surface area contributed by atoms with Crippen LogP contribution in [-0.2, 0) is 6.42 Å². The smallest absolute Gasteiger partial charge is 0.194 e. The van der Waals surface area contributed by atoms with Gasteiger partial charge in [0.25, 0.3) is 0 Å². The maximum Gasteiger partial charge on any atom is 0.194 e. The first-order valence-corrected chi connectivity index (χ1v) is 8.34. The molecular weight excluding hydrogens is 285 g/mol. The zero-order chi connectivity index (χ0) is 15.9. The third-order valence-electron chi connectivity index (χ3n) is 4.87. The summed E-state index contributed by atoms with van der Waals surface area (Å²) in [5, 5.41) is 0. The van der Waals surface area contributed by atoms with E-state index in [2.05, 4.69) is 6.58 Å². The summed E-state index contributed by atoms with van der Waals surface area (Å²) in [6.45, 7) is 3.75. The highest BCUT2D eigenvalue weighted by atomic mass is 19.2. The summed E-state index contributed by atoms with van der Waals surface area (Å²) >= 11 is 0. The molecule has 1 aliphatic carbocycles. The maximum atomic E-state index is 13.2. The van der Waals surface area contributed by atoms with Crippen molar-refractivity contribution in [2.45, 2.75) is 57.8 Å². The van der Waals surface area contributed by atoms with Crippen molar-refractivity contribution in [3.63, 3.8) is 0 Å². The molecule has 1 aliphatic rings. The standard InChI is InChI=1S/C19H25F3/c1-2-3-4-5-14-6-8-15(9-7-14)10-11-16-12-17(20)19(22)18(21)13-16/h2,12-15H,1,3-11H2/t14-,15-. The van der Waals surface area contributed by atoms with Crippen LogP contribution in [0.4, 0.5) is 13.2 Å². The Labute approximate surface area is 131 Å². The van der Waals surface area contributed by atoms with E-state index in [1.165, 1.54) is 38.5 Å². The molecule has 0 bridgehead atoms. The van der Waals surface area contributed by atoms with Gasteiger partial charge in [-0.3, -0.25) is 0 Å². The summed E-state index contributed by atoms with van der Waals surface area (Å²) in [6, 6.07) is 2.25. The molecule has 122 valence electrons. The fourth-order valence-electron chi connectivity index (χ4n) is 3.48. The Hall–Kier alpha value is -1.25. The highest BCUT2D eigenvalue weighted by Gasteiger charge is 2.21. The number of hydrogen-bond donors (Lipinski definition) is 0. The molecule has 0 aromatic heterocycles. The molecule has 1 saturated carbocycles. The van der Waals surface area contributed by atoms with Gasteiger partial charge in [-0.1, -0.05) is 38.2 Å². The lowest BCUT2D eigenvalue weighted by molar-refractivity contribution is 0.250. The van der Waals surface area contributed by atoms with E-state index < -0.39 is 17.5 Å². The second-order valence-electron chi connectivity index (χ2n) is 6.52. The summed E-state index contributed by atoms with van der Waals surface area (Å²) in [7, 11) is 0. The van der Waals surface area contributed by atoms with Gasteiger partial charge in [0, 0.05) is 0 Å². The molecule has 0 aliphatic heterocycles. The van der Waals surface area contributed by atoms with E-state index in [0.717, 1.165) is 30.9 Å². The minimum absolute atomic E-state index is 0.560. The van der Waals surface area contributed by atoms with E-state index in [9.17, 15) is 13.2 Å². The number of halogens is 3. The Balaban J connectivity index is 1.74. The van der Waals surface area contributed by atoms with Gasteiger partial charge in [0.15, 0.2) is 17.5 Å². The van der Waals surface area contributed by atoms with Crippen molar-refractivity contribution in [2.75, 3.05) is 0 Å². The molecule has 22 heavy (non-hydrogen) atoms. The van der Waals surface area contributed by atoms with Gasteiger partial charge in [-0.2, -0.15) is 0 Å². The zero-order valence-electron chi connectivity index (χ0n) is 13.1. The molecule has 0 radical (unpaired) electrons. The second-order valence-corrected chi connectivity index (χ2v) is 6.52. The molecule has 0 N–H and O–H groups in total. The molecule has 1 fully saturated rings. The Bertz CT molecular complexity index is 464. The minimum Gasteiger partial charge on any atom is -0.204 e. The Kier molecular flexibility index (Phi) is 6.53. The second kappa shape index (κ2) is 8.40. The number of aryl methyl sites for hydroxylation is 1. The third kappa shape index (κ3) is 4.89. The average Bonchev–Trinajstić information content (AvgIpc) is 2.52. The molecule has 1 aromatic rings. The molecule has 0 saturated heterocycles. The number of unbranched alkanes of at least 4 members (excludes halogenated alkanes) is 1. The molecular formula is C19H25F3. The number of allylic oxidation sites excluding steroid dienone is 1. The molecule has 0 heterocycles. The highest BCUT2D eigenvalue weighted by Crippen LogP contribution is 2.34. The van der Waals surface area contributed by atoms with Gasteiger partial charge < -0.3 is 0 Å². The van der Waals surface area contributed by atoms with Crippen LogP contribution in [0.15, 0.2) is 24.8 Å². The quantitative estimate of drug-likeness (QED) is 0.319. The van der Waals surface area contributed by atoms with E-state index >= 15 is 0 Å². The largest absolute Gasteiger partial charge is 0.204 e. The summed E-state index contributed by atoms with van der Waals surface area (Å²) in [5.74, 6) is -2.07. The summed E-state index contributed by atoms with van der Waals surface area (Å²) in [5.41, 5.74) is 0.560. The number of hydrogen-bond acceptors (Lipinski definition) is 0. The van der Waals surface area contributed by atoms with Crippen LogP contribution in [0, 0.1) is 29.3 Å².